The van der Waals surface area contributed by atoms with Crippen LogP contribution in [-0.2, 0) is 6.54 Å². The maximum absolute atomic E-state index is 12.1. The molecule has 3 heterocycles. The van der Waals surface area contributed by atoms with Crippen LogP contribution in [0.2, 0.25) is 0 Å². The van der Waals surface area contributed by atoms with Gasteiger partial charge in [-0.15, -0.1) is 0 Å². The van der Waals surface area contributed by atoms with Gasteiger partial charge in [-0.25, -0.2) is 0 Å². The molecule has 2 aromatic rings. The van der Waals surface area contributed by atoms with Crippen LogP contribution < -0.4 is 5.56 Å². The second-order valence-corrected chi connectivity index (χ2v) is 6.59. The van der Waals surface area contributed by atoms with Gasteiger partial charge >= 0.3 is 0 Å². The van der Waals surface area contributed by atoms with Crippen molar-refractivity contribution in [3.63, 3.8) is 0 Å². The lowest BCUT2D eigenvalue weighted by Gasteiger charge is -2.44. The minimum absolute atomic E-state index is 0.102. The zero-order valence-corrected chi connectivity index (χ0v) is 12.9. The lowest BCUT2D eigenvalue weighted by molar-refractivity contribution is 0.100. The molecule has 23 heavy (non-hydrogen) atoms. The average Bonchev–Trinajstić information content (AvgIpc) is 2.58. The van der Waals surface area contributed by atoms with Crippen molar-refractivity contribution in [2.75, 3.05) is 13.1 Å². The van der Waals surface area contributed by atoms with Crippen LogP contribution in [0, 0.1) is 17.2 Å². The number of piperidine rings is 1. The third-order valence-corrected chi connectivity index (χ3v) is 5.11. The van der Waals surface area contributed by atoms with E-state index in [9.17, 15) is 10.1 Å². The molecule has 0 unspecified atom stereocenters. The van der Waals surface area contributed by atoms with Crippen LogP contribution in [0.25, 0.3) is 0 Å². The number of hydrogen-bond donors (Lipinski definition) is 0. The summed E-state index contributed by atoms with van der Waals surface area (Å²) < 4.78 is 1.93. The Morgan fingerprint density at radius 3 is 2.65 bits per heavy atom. The quantitative estimate of drug-likeness (QED) is 0.856. The third kappa shape index (κ3) is 2.47. The maximum Gasteiger partial charge on any atom is 0.250 e. The number of rotatable bonds is 2. The fourth-order valence-corrected chi connectivity index (χ4v) is 4.15. The Bertz CT molecular complexity index is 805. The fraction of sp³-hybridized carbons (Fsp3) is 0.368. The van der Waals surface area contributed by atoms with E-state index in [1.54, 1.807) is 6.07 Å². The predicted molar refractivity (Wildman–Crippen MR) is 87.9 cm³/mol. The molecule has 0 N–H and O–H groups in total. The fourth-order valence-electron chi connectivity index (χ4n) is 4.15. The van der Waals surface area contributed by atoms with Crippen molar-refractivity contribution in [3.05, 3.63) is 70.1 Å². The normalized spacial score (nSPS) is 24.5. The van der Waals surface area contributed by atoms with Crippen LogP contribution in [0.5, 0.6) is 0 Å². The molecule has 4 nitrogen and oxygen atoms in total. The van der Waals surface area contributed by atoms with E-state index in [4.69, 9.17) is 0 Å². The van der Waals surface area contributed by atoms with Crippen LogP contribution in [0.4, 0.5) is 0 Å². The van der Waals surface area contributed by atoms with Gasteiger partial charge in [0, 0.05) is 37.3 Å². The second-order valence-electron chi connectivity index (χ2n) is 6.59. The topological polar surface area (TPSA) is 49.0 Å². The summed E-state index contributed by atoms with van der Waals surface area (Å²) in [6.07, 6.45) is 1.12. The summed E-state index contributed by atoms with van der Waals surface area (Å²) in [6, 6.07) is 17.8. The summed E-state index contributed by atoms with van der Waals surface area (Å²) in [7, 11) is 0. The molecule has 2 aliphatic heterocycles. The molecule has 0 saturated carbocycles. The van der Waals surface area contributed by atoms with Crippen molar-refractivity contribution >= 4 is 0 Å². The Kier molecular flexibility index (Phi) is 3.51. The second kappa shape index (κ2) is 5.68. The van der Waals surface area contributed by atoms with Crippen molar-refractivity contribution in [1.29, 1.82) is 5.26 Å². The number of fused-ring (bicyclic) bond motifs is 4. The molecule has 0 aliphatic carbocycles. The number of benzene rings is 1. The molecule has 2 aliphatic rings. The molecule has 0 spiro atoms. The number of aromatic nitrogens is 1. The summed E-state index contributed by atoms with van der Waals surface area (Å²) in [5.74, 6) is 0.789. The summed E-state index contributed by atoms with van der Waals surface area (Å²) in [5, 5.41) is 9.69. The van der Waals surface area contributed by atoms with E-state index in [2.05, 4.69) is 17.0 Å². The Hall–Kier alpha value is -2.38. The molecular formula is C19H19N3O. The lowest BCUT2D eigenvalue weighted by atomic mass is 9.82. The molecule has 0 amide bonds. The van der Waals surface area contributed by atoms with Gasteiger partial charge < -0.3 is 4.57 Å². The molecule has 3 atom stereocenters. The SMILES string of the molecule is N#C[C@H](c1ccccc1)N1C[C@@H]2C[C@H](C1)c1cccc(=O)n1C2. The Balaban J connectivity index is 1.66. The van der Waals surface area contributed by atoms with Gasteiger partial charge in [-0.3, -0.25) is 9.69 Å². The van der Waals surface area contributed by atoms with E-state index in [1.807, 2.05) is 41.0 Å². The summed E-state index contributed by atoms with van der Waals surface area (Å²) in [6.45, 7) is 2.49. The van der Waals surface area contributed by atoms with Gasteiger partial charge in [-0.1, -0.05) is 36.4 Å². The maximum atomic E-state index is 12.1. The Morgan fingerprint density at radius 2 is 1.87 bits per heavy atom. The monoisotopic (exact) mass is 305 g/mol. The molecule has 2 bridgehead atoms. The van der Waals surface area contributed by atoms with Crippen molar-refractivity contribution in [2.24, 2.45) is 5.92 Å². The first-order valence-electron chi connectivity index (χ1n) is 8.14. The van der Waals surface area contributed by atoms with Crippen molar-refractivity contribution in [1.82, 2.24) is 9.47 Å². The Morgan fingerprint density at radius 1 is 1.04 bits per heavy atom. The van der Waals surface area contributed by atoms with Crippen LogP contribution in [0.15, 0.2) is 53.3 Å². The summed E-state index contributed by atoms with van der Waals surface area (Å²) >= 11 is 0. The standard InChI is InChI=1S/C19H19N3O/c20-10-18(15-5-2-1-3-6-15)21-11-14-9-16(13-21)17-7-4-8-19(23)22(17)12-14/h1-8,14,16,18H,9,11-13H2/t14-,16+,18+/m0/s1. The summed E-state index contributed by atoms with van der Waals surface area (Å²) in [5.41, 5.74) is 2.29. The smallest absolute Gasteiger partial charge is 0.250 e. The van der Waals surface area contributed by atoms with Gasteiger partial charge in [0.05, 0.1) is 6.07 Å². The molecule has 1 fully saturated rings. The molecule has 1 saturated heterocycles. The van der Waals surface area contributed by atoms with Crippen LogP contribution in [0.1, 0.15) is 29.6 Å². The van der Waals surface area contributed by atoms with Gasteiger partial charge in [-0.05, 0) is 24.0 Å². The highest BCUT2D eigenvalue weighted by Crippen LogP contribution is 2.38. The van der Waals surface area contributed by atoms with Crippen LogP contribution >= 0.6 is 0 Å². The molecular weight excluding hydrogens is 286 g/mol. The number of nitrogens with zero attached hydrogens (tertiary/aromatic N) is 3. The van der Waals surface area contributed by atoms with Gasteiger partial charge in [0.15, 0.2) is 0 Å². The van der Waals surface area contributed by atoms with Gasteiger partial charge in [0.25, 0.3) is 5.56 Å². The molecule has 4 heteroatoms. The molecule has 0 radical (unpaired) electrons. The Labute approximate surface area is 135 Å². The van der Waals surface area contributed by atoms with E-state index in [-0.39, 0.29) is 11.6 Å². The highest BCUT2D eigenvalue weighted by molar-refractivity contribution is 5.25. The van der Waals surface area contributed by atoms with Gasteiger partial charge in [0.1, 0.15) is 6.04 Å². The lowest BCUT2D eigenvalue weighted by Crippen LogP contribution is -2.47. The minimum atomic E-state index is -0.205. The summed E-state index contributed by atoms with van der Waals surface area (Å²) in [4.78, 5) is 14.4. The minimum Gasteiger partial charge on any atom is -0.312 e. The number of pyridine rings is 1. The highest BCUT2D eigenvalue weighted by atomic mass is 16.1. The molecule has 116 valence electrons. The first kappa shape index (κ1) is 14.2. The van der Waals surface area contributed by atoms with Crippen LogP contribution in [0.3, 0.4) is 0 Å². The largest absolute Gasteiger partial charge is 0.312 e. The highest BCUT2D eigenvalue weighted by Gasteiger charge is 2.37. The average molecular weight is 305 g/mol. The molecule has 4 rings (SSSR count). The predicted octanol–water partition coefficient (Wildman–Crippen LogP) is 2.53. The number of hydrogen-bond acceptors (Lipinski definition) is 3. The van der Waals surface area contributed by atoms with E-state index >= 15 is 0 Å². The van der Waals surface area contributed by atoms with Crippen molar-refractivity contribution in [3.8, 4) is 6.07 Å². The van der Waals surface area contributed by atoms with E-state index in [0.717, 1.165) is 37.3 Å². The number of nitriles is 1. The molecule has 1 aromatic heterocycles. The van der Waals surface area contributed by atoms with E-state index in [1.165, 1.54) is 0 Å². The first-order chi connectivity index (χ1) is 11.3. The van der Waals surface area contributed by atoms with Gasteiger partial charge in [-0.2, -0.15) is 5.26 Å². The number of likely N-dealkylation sites (tertiary alicyclic amines) is 1. The van der Waals surface area contributed by atoms with Crippen LogP contribution in [-0.4, -0.2) is 22.6 Å². The zero-order valence-electron chi connectivity index (χ0n) is 12.9. The van der Waals surface area contributed by atoms with Crippen molar-refractivity contribution in [2.45, 2.75) is 24.9 Å². The molecule has 1 aromatic carbocycles. The van der Waals surface area contributed by atoms with E-state index < -0.39 is 0 Å². The van der Waals surface area contributed by atoms with Crippen molar-refractivity contribution < 1.29 is 0 Å². The zero-order chi connectivity index (χ0) is 15.8. The first-order valence-corrected chi connectivity index (χ1v) is 8.14. The van der Waals surface area contributed by atoms with Gasteiger partial charge in [0.2, 0.25) is 0 Å². The third-order valence-electron chi connectivity index (χ3n) is 5.11. The van der Waals surface area contributed by atoms with E-state index in [0.29, 0.717) is 11.8 Å².